The lowest BCUT2D eigenvalue weighted by molar-refractivity contribution is -0.605. The van der Waals surface area contributed by atoms with Gasteiger partial charge in [0.1, 0.15) is 22.2 Å². The van der Waals surface area contributed by atoms with Crippen molar-refractivity contribution in [3.05, 3.63) is 87.3 Å². The van der Waals surface area contributed by atoms with Crippen LogP contribution >= 0.6 is 23.2 Å². The second-order valence-corrected chi connectivity index (χ2v) is 13.3. The summed E-state index contributed by atoms with van der Waals surface area (Å²) >= 11 is 12.7. The number of esters is 1. The van der Waals surface area contributed by atoms with Gasteiger partial charge in [0.05, 0.1) is 11.0 Å². The van der Waals surface area contributed by atoms with E-state index < -0.39 is 34.7 Å². The maximum atomic E-state index is 13.7. The first-order chi connectivity index (χ1) is 21.0. The second kappa shape index (κ2) is 13.8. The molecule has 2 heterocycles. The summed E-state index contributed by atoms with van der Waals surface area (Å²) < 4.78 is 71.6. The van der Waals surface area contributed by atoms with Crippen LogP contribution < -0.4 is 14.2 Å². The number of rotatable bonds is 11. The van der Waals surface area contributed by atoms with Crippen LogP contribution in [0.3, 0.4) is 0 Å². The number of ether oxygens (including phenoxy) is 3. The molecule has 2 fully saturated rings. The Morgan fingerprint density at radius 2 is 1.68 bits per heavy atom. The van der Waals surface area contributed by atoms with Crippen molar-refractivity contribution >= 4 is 39.2 Å². The highest BCUT2D eigenvalue weighted by atomic mass is 35.5. The molecule has 2 atom stereocenters. The molecule has 1 aromatic heterocycles. The largest absolute Gasteiger partial charge is 0.619 e. The van der Waals surface area contributed by atoms with Gasteiger partial charge < -0.3 is 19.4 Å². The van der Waals surface area contributed by atoms with Crippen molar-refractivity contribution in [1.82, 2.24) is 4.31 Å². The molecule has 9 nitrogen and oxygen atoms in total. The predicted molar refractivity (Wildman–Crippen MR) is 157 cm³/mol. The summed E-state index contributed by atoms with van der Waals surface area (Å²) in [6.07, 6.45) is 4.80. The summed E-state index contributed by atoms with van der Waals surface area (Å²) in [7, 11) is -4.00. The van der Waals surface area contributed by atoms with Crippen molar-refractivity contribution in [3.63, 3.8) is 0 Å². The Bertz CT molecular complexity index is 1570. The maximum Gasteiger partial charge on any atom is 0.387 e. The molecule has 0 spiro atoms. The van der Waals surface area contributed by atoms with Gasteiger partial charge in [-0.1, -0.05) is 47.5 Å². The van der Waals surface area contributed by atoms with Gasteiger partial charge in [-0.15, -0.1) is 0 Å². The number of benzene rings is 2. The van der Waals surface area contributed by atoms with Crippen molar-refractivity contribution in [2.24, 2.45) is 0 Å². The molecule has 2 aliphatic rings. The molecule has 3 aromatic rings. The summed E-state index contributed by atoms with van der Waals surface area (Å²) in [4.78, 5) is 13.8. The molecular formula is C30H30Cl2F2N2O7S. The van der Waals surface area contributed by atoms with Gasteiger partial charge >= 0.3 is 12.6 Å². The summed E-state index contributed by atoms with van der Waals surface area (Å²) in [5.41, 5.74) is 0.638. The molecule has 0 N–H and O–H groups in total. The van der Waals surface area contributed by atoms with Gasteiger partial charge in [-0.3, -0.25) is 4.79 Å². The lowest BCUT2D eigenvalue weighted by atomic mass is 10.0. The minimum absolute atomic E-state index is 0.0165. The number of pyridine rings is 1. The lowest BCUT2D eigenvalue weighted by Gasteiger charge is -2.26. The maximum absolute atomic E-state index is 13.7. The van der Waals surface area contributed by atoms with Crippen LogP contribution in [0, 0.1) is 5.21 Å². The van der Waals surface area contributed by atoms with Crippen LogP contribution in [0.4, 0.5) is 8.78 Å². The highest BCUT2D eigenvalue weighted by molar-refractivity contribution is 7.89. The number of nitrogens with zero attached hydrogens (tertiary/aromatic N) is 2. The molecule has 0 bridgehead atoms. The molecule has 1 saturated carbocycles. The first-order valence-corrected chi connectivity index (χ1v) is 16.3. The van der Waals surface area contributed by atoms with E-state index in [9.17, 15) is 27.2 Å². The third kappa shape index (κ3) is 7.36. The average molecular weight is 672 g/mol. The van der Waals surface area contributed by atoms with E-state index in [0.29, 0.717) is 22.3 Å². The second-order valence-electron chi connectivity index (χ2n) is 10.6. The van der Waals surface area contributed by atoms with E-state index in [1.54, 1.807) is 18.2 Å². The smallest absolute Gasteiger partial charge is 0.387 e. The SMILES string of the molecule is O=C(OC(Cc1c(Cl)c[n+]([O-])cc1Cl)c1ccc(OC(F)F)c(OC2CCCC2)c1)C1CCCN1S(=O)(=O)c1ccccc1. The fraction of sp³-hybridized carbons (Fsp3) is 0.400. The van der Waals surface area contributed by atoms with E-state index in [2.05, 4.69) is 0 Å². The first-order valence-electron chi connectivity index (χ1n) is 14.1. The van der Waals surface area contributed by atoms with E-state index in [1.165, 1.54) is 30.3 Å². The van der Waals surface area contributed by atoms with E-state index in [-0.39, 0.29) is 51.9 Å². The molecular weight excluding hydrogens is 641 g/mol. The zero-order valence-electron chi connectivity index (χ0n) is 23.4. The van der Waals surface area contributed by atoms with Crippen LogP contribution in [0.25, 0.3) is 0 Å². The normalized spacial score (nSPS) is 18.4. The highest BCUT2D eigenvalue weighted by Crippen LogP contribution is 2.38. The third-order valence-corrected chi connectivity index (χ3v) is 10.3. The van der Waals surface area contributed by atoms with Crippen molar-refractivity contribution in [1.29, 1.82) is 0 Å². The molecule has 2 unspecified atom stereocenters. The number of carbonyl (C=O) groups excluding carboxylic acids is 1. The minimum Gasteiger partial charge on any atom is -0.619 e. The Kier molecular flexibility index (Phi) is 10.1. The Morgan fingerprint density at radius 1 is 1.00 bits per heavy atom. The lowest BCUT2D eigenvalue weighted by Crippen LogP contribution is -2.41. The van der Waals surface area contributed by atoms with E-state index in [4.69, 9.17) is 37.4 Å². The Morgan fingerprint density at radius 3 is 2.34 bits per heavy atom. The molecule has 5 rings (SSSR count). The standard InChI is InChI=1S/C30H30Cl2F2N2O7S/c31-23-17-35(38)18-24(32)22(23)16-27(19-12-13-26(43-30(33)34)28(15-19)41-20-7-4-5-8-20)42-29(37)25-11-6-14-36(25)44(39,40)21-9-2-1-3-10-21/h1-3,9-10,12-13,15,17-18,20,25,27,30H,4-8,11,14,16H2. The number of sulfonamides is 1. The number of aromatic nitrogens is 1. The number of carbonyl (C=O) groups is 1. The van der Waals surface area contributed by atoms with E-state index in [1.807, 2.05) is 0 Å². The number of alkyl halides is 2. The van der Waals surface area contributed by atoms with Crippen LogP contribution in [-0.4, -0.2) is 44.0 Å². The van der Waals surface area contributed by atoms with Gasteiger partial charge in [-0.05, 0) is 68.4 Å². The number of halogens is 4. The zero-order valence-corrected chi connectivity index (χ0v) is 25.7. The molecule has 1 aliphatic heterocycles. The van der Waals surface area contributed by atoms with E-state index >= 15 is 0 Å². The van der Waals surface area contributed by atoms with Crippen LogP contribution in [0.15, 0.2) is 65.8 Å². The van der Waals surface area contributed by atoms with Gasteiger partial charge in [-0.2, -0.15) is 17.8 Å². The average Bonchev–Trinajstić information content (AvgIpc) is 3.68. The fourth-order valence-corrected chi connectivity index (χ4v) is 7.81. The summed E-state index contributed by atoms with van der Waals surface area (Å²) in [5.74, 6) is -0.937. The summed E-state index contributed by atoms with van der Waals surface area (Å²) in [5, 5.41) is 11.9. The van der Waals surface area contributed by atoms with Crippen LogP contribution in [0.5, 0.6) is 11.5 Å². The topological polar surface area (TPSA) is 109 Å². The predicted octanol–water partition coefficient (Wildman–Crippen LogP) is 6.23. The fourth-order valence-electron chi connectivity index (χ4n) is 5.54. The summed E-state index contributed by atoms with van der Waals surface area (Å²) in [6.45, 7) is -2.97. The number of hydrogen-bond acceptors (Lipinski definition) is 7. The van der Waals surface area contributed by atoms with Crippen LogP contribution in [0.2, 0.25) is 10.0 Å². The van der Waals surface area contributed by atoms with Crippen molar-refractivity contribution < 1.29 is 40.9 Å². The molecule has 236 valence electrons. The van der Waals surface area contributed by atoms with Crippen molar-refractivity contribution in [2.75, 3.05) is 6.54 Å². The van der Waals surface area contributed by atoms with Crippen LogP contribution in [-0.2, 0) is 26.0 Å². The Hall–Kier alpha value is -3.19. The van der Waals surface area contributed by atoms with Gasteiger partial charge in [0.15, 0.2) is 23.9 Å². The third-order valence-electron chi connectivity index (χ3n) is 7.68. The molecule has 1 aliphatic carbocycles. The molecule has 2 aromatic carbocycles. The van der Waals surface area contributed by atoms with E-state index in [0.717, 1.165) is 42.4 Å². The van der Waals surface area contributed by atoms with Gasteiger partial charge in [0.25, 0.3) is 0 Å². The van der Waals surface area contributed by atoms with Crippen molar-refractivity contribution in [3.8, 4) is 11.5 Å². The zero-order chi connectivity index (χ0) is 31.4. The van der Waals surface area contributed by atoms with Crippen molar-refractivity contribution in [2.45, 2.75) is 74.7 Å². The first kappa shape index (κ1) is 32.2. The molecule has 14 heteroatoms. The number of hydrogen-bond donors (Lipinski definition) is 0. The highest BCUT2D eigenvalue weighted by Gasteiger charge is 2.41. The summed E-state index contributed by atoms with van der Waals surface area (Å²) in [6, 6.07) is 10.9. The Labute approximate surface area is 263 Å². The molecule has 0 amide bonds. The molecule has 0 radical (unpaired) electrons. The molecule has 1 saturated heterocycles. The van der Waals surface area contributed by atoms with Gasteiger partial charge in [-0.25, -0.2) is 8.42 Å². The Balaban J connectivity index is 1.49. The minimum atomic E-state index is -4.00. The van der Waals surface area contributed by atoms with Crippen LogP contribution in [0.1, 0.15) is 55.8 Å². The van der Waals surface area contributed by atoms with Gasteiger partial charge in [0.2, 0.25) is 10.0 Å². The quantitative estimate of drug-likeness (QED) is 0.135. The molecule has 44 heavy (non-hydrogen) atoms. The monoisotopic (exact) mass is 670 g/mol. The van der Waals surface area contributed by atoms with Gasteiger partial charge in [0, 0.05) is 18.5 Å².